The molecule has 19 heavy (non-hydrogen) atoms. The van der Waals surface area contributed by atoms with Crippen LogP contribution in [-0.2, 0) is 4.79 Å². The van der Waals surface area contributed by atoms with Crippen LogP contribution in [0.2, 0.25) is 0 Å². The van der Waals surface area contributed by atoms with E-state index in [-0.39, 0.29) is 36.8 Å². The molecule has 1 amide bonds. The number of carbonyl (C=O) groups excluding carboxylic acids is 1. The van der Waals surface area contributed by atoms with Gasteiger partial charge in [-0.25, -0.2) is 0 Å². The first-order chi connectivity index (χ1) is 8.34. The van der Waals surface area contributed by atoms with Gasteiger partial charge in [-0.2, -0.15) is 0 Å². The van der Waals surface area contributed by atoms with Crippen molar-refractivity contribution in [2.24, 2.45) is 0 Å². The van der Waals surface area contributed by atoms with Crippen molar-refractivity contribution >= 4 is 30.7 Å². The van der Waals surface area contributed by atoms with Crippen LogP contribution in [0.4, 0.5) is 0 Å². The largest absolute Gasteiger partial charge is 0.340 e. The van der Waals surface area contributed by atoms with Gasteiger partial charge < -0.3 is 4.90 Å². The van der Waals surface area contributed by atoms with Crippen LogP contribution in [0.1, 0.15) is 11.6 Å². The molecule has 2 aliphatic rings. The van der Waals surface area contributed by atoms with Crippen molar-refractivity contribution in [1.29, 1.82) is 0 Å². The van der Waals surface area contributed by atoms with E-state index in [1.165, 1.54) is 0 Å². The molecule has 0 saturated carbocycles. The first kappa shape index (κ1) is 16.0. The van der Waals surface area contributed by atoms with Crippen LogP contribution in [0.3, 0.4) is 0 Å². The maximum atomic E-state index is 12.0. The quantitative estimate of drug-likeness (QED) is 0.840. The van der Waals surface area contributed by atoms with Gasteiger partial charge in [-0.1, -0.05) is 18.2 Å². The summed E-state index contributed by atoms with van der Waals surface area (Å²) in [5.74, 6) is 0.594. The molecule has 0 spiro atoms. The van der Waals surface area contributed by atoms with E-state index in [2.05, 4.69) is 10.3 Å². The lowest BCUT2D eigenvalue weighted by molar-refractivity contribution is -0.136. The van der Waals surface area contributed by atoms with Crippen LogP contribution in [0.25, 0.3) is 0 Å². The predicted molar refractivity (Wildman–Crippen MR) is 79.0 cm³/mol. The maximum Gasteiger partial charge on any atom is 0.243 e. The third-order valence-electron chi connectivity index (χ3n) is 3.35. The van der Waals surface area contributed by atoms with E-state index >= 15 is 0 Å². The highest BCUT2D eigenvalue weighted by atomic mass is 35.5. The highest BCUT2D eigenvalue weighted by Crippen LogP contribution is 2.26. The van der Waals surface area contributed by atoms with Gasteiger partial charge in [-0.3, -0.25) is 15.1 Å². The average molecular weight is 302 g/mol. The topological polar surface area (TPSA) is 45.2 Å². The van der Waals surface area contributed by atoms with E-state index in [0.29, 0.717) is 5.92 Å². The Labute approximate surface area is 125 Å². The molecule has 104 valence electrons. The Hall–Kier alpha value is -1.10. The van der Waals surface area contributed by atoms with Crippen molar-refractivity contribution in [2.45, 2.75) is 12.0 Å². The molecular weight excluding hydrogens is 285 g/mol. The number of hydrogen-bond donors (Lipinski definition) is 1. The fraction of sp³-hybridized carbons (Fsp3) is 0.385. The van der Waals surface area contributed by atoms with Gasteiger partial charge in [0.15, 0.2) is 0 Å². The normalized spacial score (nSPS) is 21.3. The highest BCUT2D eigenvalue weighted by molar-refractivity contribution is 5.86. The van der Waals surface area contributed by atoms with Gasteiger partial charge in [0.2, 0.25) is 5.91 Å². The third kappa shape index (κ3) is 3.26. The predicted octanol–water partition coefficient (Wildman–Crippen LogP) is 1.38. The summed E-state index contributed by atoms with van der Waals surface area (Å²) in [5.41, 5.74) is 1.09. The molecule has 1 fully saturated rings. The van der Waals surface area contributed by atoms with Crippen LogP contribution in [-0.4, -0.2) is 41.5 Å². The summed E-state index contributed by atoms with van der Waals surface area (Å²) in [7, 11) is 0. The van der Waals surface area contributed by atoms with Gasteiger partial charge in [0, 0.05) is 37.4 Å². The van der Waals surface area contributed by atoms with Gasteiger partial charge in [0.1, 0.15) is 6.04 Å². The van der Waals surface area contributed by atoms with Crippen LogP contribution in [0, 0.1) is 0 Å². The number of aromatic nitrogens is 1. The highest BCUT2D eigenvalue weighted by Gasteiger charge is 2.35. The van der Waals surface area contributed by atoms with Crippen molar-refractivity contribution in [1.82, 2.24) is 15.2 Å². The Morgan fingerprint density at radius 3 is 2.68 bits per heavy atom. The minimum absolute atomic E-state index is 0. The lowest BCUT2D eigenvalue weighted by Gasteiger charge is -2.40. The summed E-state index contributed by atoms with van der Waals surface area (Å²) in [4.78, 5) is 18.2. The van der Waals surface area contributed by atoms with Gasteiger partial charge >= 0.3 is 0 Å². The Kier molecular flexibility index (Phi) is 5.79. The zero-order chi connectivity index (χ0) is 11.7. The number of amides is 1. The zero-order valence-corrected chi connectivity index (χ0v) is 12.0. The van der Waals surface area contributed by atoms with Gasteiger partial charge in [-0.05, 0) is 12.1 Å². The molecule has 1 aromatic rings. The smallest absolute Gasteiger partial charge is 0.243 e. The van der Waals surface area contributed by atoms with Crippen molar-refractivity contribution in [3.8, 4) is 0 Å². The van der Waals surface area contributed by atoms with Crippen LogP contribution in [0.5, 0.6) is 0 Å². The standard InChI is InChI=1S/C13H15N3O.2ClH/c17-13(12-5-3-7-15-12)16-8-10(9-16)11-4-1-2-6-14-11;;/h1-6,10,12,15H,7-9H2;2*1H. The Morgan fingerprint density at radius 2 is 2.11 bits per heavy atom. The van der Waals surface area contributed by atoms with E-state index in [1.54, 1.807) is 6.20 Å². The number of rotatable bonds is 2. The average Bonchev–Trinajstić information content (AvgIpc) is 2.81. The first-order valence-corrected chi connectivity index (χ1v) is 5.94. The minimum atomic E-state index is -0.111. The van der Waals surface area contributed by atoms with Gasteiger partial charge in [0.25, 0.3) is 0 Å². The molecule has 3 rings (SSSR count). The molecule has 0 radical (unpaired) electrons. The lowest BCUT2D eigenvalue weighted by atomic mass is 9.95. The number of pyridine rings is 1. The van der Waals surface area contributed by atoms with Crippen LogP contribution < -0.4 is 5.32 Å². The molecule has 1 saturated heterocycles. The third-order valence-corrected chi connectivity index (χ3v) is 3.35. The van der Waals surface area contributed by atoms with Gasteiger partial charge in [-0.15, -0.1) is 24.8 Å². The van der Waals surface area contributed by atoms with Crippen molar-refractivity contribution in [3.05, 3.63) is 42.2 Å². The van der Waals surface area contributed by atoms with E-state index < -0.39 is 0 Å². The summed E-state index contributed by atoms with van der Waals surface area (Å²) in [6, 6.07) is 5.83. The summed E-state index contributed by atoms with van der Waals surface area (Å²) in [6.45, 7) is 2.39. The lowest BCUT2D eigenvalue weighted by Crippen LogP contribution is -2.54. The molecule has 1 N–H and O–H groups in total. The number of nitrogens with zero attached hydrogens (tertiary/aromatic N) is 2. The summed E-state index contributed by atoms with van der Waals surface area (Å²) < 4.78 is 0. The number of hydrogen-bond acceptors (Lipinski definition) is 3. The molecule has 1 atom stereocenters. The van der Waals surface area contributed by atoms with Crippen molar-refractivity contribution in [3.63, 3.8) is 0 Å². The first-order valence-electron chi connectivity index (χ1n) is 5.94. The van der Waals surface area contributed by atoms with E-state index in [9.17, 15) is 4.79 Å². The monoisotopic (exact) mass is 301 g/mol. The fourth-order valence-corrected chi connectivity index (χ4v) is 2.30. The number of nitrogens with one attached hydrogen (secondary N) is 1. The molecule has 1 aromatic heterocycles. The number of carbonyl (C=O) groups is 1. The van der Waals surface area contributed by atoms with E-state index in [1.807, 2.05) is 35.3 Å². The Bertz CT molecular complexity index is 446. The van der Waals surface area contributed by atoms with Crippen LogP contribution >= 0.6 is 24.8 Å². The van der Waals surface area contributed by atoms with Gasteiger partial charge in [0.05, 0.1) is 0 Å². The molecule has 6 heteroatoms. The molecule has 0 bridgehead atoms. The summed E-state index contributed by atoms with van der Waals surface area (Å²) in [6.07, 6.45) is 5.75. The Balaban J connectivity index is 0.000000902. The van der Waals surface area contributed by atoms with Crippen LogP contribution in [0.15, 0.2) is 36.5 Å². The van der Waals surface area contributed by atoms with E-state index in [0.717, 1.165) is 25.3 Å². The molecule has 1 unspecified atom stereocenters. The summed E-state index contributed by atoms with van der Waals surface area (Å²) >= 11 is 0. The molecule has 2 aliphatic heterocycles. The van der Waals surface area contributed by atoms with Crippen molar-refractivity contribution in [2.75, 3.05) is 19.6 Å². The molecule has 0 aliphatic carbocycles. The maximum absolute atomic E-state index is 12.0. The number of likely N-dealkylation sites (tertiary alicyclic amines) is 1. The second kappa shape index (κ2) is 6.89. The van der Waals surface area contributed by atoms with Crippen molar-refractivity contribution < 1.29 is 4.79 Å². The molecule has 4 nitrogen and oxygen atoms in total. The second-order valence-corrected chi connectivity index (χ2v) is 4.51. The molecule has 0 aromatic carbocycles. The number of halogens is 2. The second-order valence-electron chi connectivity index (χ2n) is 4.51. The molecule has 3 heterocycles. The van der Waals surface area contributed by atoms with E-state index in [4.69, 9.17) is 0 Å². The molecular formula is C13H17Cl2N3O. The Morgan fingerprint density at radius 1 is 1.32 bits per heavy atom. The summed E-state index contributed by atoms with van der Waals surface area (Å²) in [5, 5.41) is 3.14. The fourth-order valence-electron chi connectivity index (χ4n) is 2.30. The minimum Gasteiger partial charge on any atom is -0.340 e. The SMILES string of the molecule is Cl.Cl.O=C(C1C=CCN1)N1CC(c2ccccn2)C1. The zero-order valence-electron chi connectivity index (χ0n) is 10.4.